The van der Waals surface area contributed by atoms with Crippen LogP contribution in [0.15, 0.2) is 17.0 Å². The number of nitrogens with zero attached hydrogens (tertiary/aromatic N) is 1. The molecule has 1 heterocycles. The van der Waals surface area contributed by atoms with E-state index in [0.717, 1.165) is 16.4 Å². The van der Waals surface area contributed by atoms with E-state index in [1.807, 2.05) is 0 Å². The highest BCUT2D eigenvalue weighted by atomic mass is 32.2. The van der Waals surface area contributed by atoms with Crippen molar-refractivity contribution in [3.8, 4) is 0 Å². The molecule has 1 aromatic carbocycles. The van der Waals surface area contributed by atoms with Gasteiger partial charge in [0.1, 0.15) is 10.7 Å². The minimum absolute atomic E-state index is 0.0504. The number of benzene rings is 1. The lowest BCUT2D eigenvalue weighted by atomic mass is 10.2. The van der Waals surface area contributed by atoms with Crippen molar-refractivity contribution < 1.29 is 21.2 Å². The molecule has 1 aliphatic rings. The fourth-order valence-corrected chi connectivity index (χ4v) is 5.11. The van der Waals surface area contributed by atoms with E-state index in [9.17, 15) is 21.2 Å². The molecule has 0 atom stereocenters. The fraction of sp³-hybridized carbons (Fsp3) is 0.500. The number of aryl methyl sites for hydroxylation is 1. The van der Waals surface area contributed by atoms with Gasteiger partial charge in [0.25, 0.3) is 0 Å². The third kappa shape index (κ3) is 3.35. The Labute approximate surface area is 123 Å². The highest BCUT2D eigenvalue weighted by Crippen LogP contribution is 2.25. The van der Waals surface area contributed by atoms with Crippen LogP contribution in [0.3, 0.4) is 0 Å². The van der Waals surface area contributed by atoms with Crippen molar-refractivity contribution in [2.45, 2.75) is 18.2 Å². The summed E-state index contributed by atoms with van der Waals surface area (Å²) in [6.45, 7) is 1.46. The maximum Gasteiger partial charge on any atom is 0.246 e. The van der Waals surface area contributed by atoms with Gasteiger partial charge in [0.15, 0.2) is 9.84 Å². The Morgan fingerprint density at radius 1 is 1.24 bits per heavy atom. The molecule has 0 saturated carbocycles. The molecule has 0 amide bonds. The largest absolute Gasteiger partial charge is 0.398 e. The highest BCUT2D eigenvalue weighted by Gasteiger charge is 2.31. The molecule has 0 aliphatic carbocycles. The number of sulfone groups is 1. The first-order valence-corrected chi connectivity index (χ1v) is 9.66. The zero-order valence-electron chi connectivity index (χ0n) is 11.5. The van der Waals surface area contributed by atoms with Crippen LogP contribution >= 0.6 is 0 Å². The van der Waals surface area contributed by atoms with E-state index < -0.39 is 30.6 Å². The summed E-state index contributed by atoms with van der Waals surface area (Å²) in [5.41, 5.74) is 6.27. The molecule has 6 nitrogen and oxygen atoms in total. The number of hydrogen-bond donors (Lipinski definition) is 1. The minimum Gasteiger partial charge on any atom is -0.398 e. The van der Waals surface area contributed by atoms with E-state index in [4.69, 9.17) is 5.73 Å². The normalized spacial score (nSPS) is 20.1. The summed E-state index contributed by atoms with van der Waals surface area (Å²) in [5.74, 6) is -1.19. The van der Waals surface area contributed by atoms with Gasteiger partial charge in [-0.05, 0) is 31.0 Å². The standard InChI is InChI=1S/C12H17FN2O4S2/c1-9-7-10(13)12(8-11(9)14)21(18,19)15-3-2-5-20(16,17)6-4-15/h7-8H,2-6,14H2,1H3. The Hall–Kier alpha value is -1.19. The molecule has 21 heavy (non-hydrogen) atoms. The predicted octanol–water partition coefficient (Wildman–Crippen LogP) is 0.526. The topological polar surface area (TPSA) is 97.5 Å². The lowest BCUT2D eigenvalue weighted by molar-refractivity contribution is 0.430. The molecule has 2 rings (SSSR count). The van der Waals surface area contributed by atoms with Gasteiger partial charge in [-0.3, -0.25) is 0 Å². The predicted molar refractivity (Wildman–Crippen MR) is 77.6 cm³/mol. The van der Waals surface area contributed by atoms with Gasteiger partial charge in [-0.1, -0.05) is 0 Å². The van der Waals surface area contributed by atoms with Gasteiger partial charge in [0.05, 0.1) is 11.5 Å². The average molecular weight is 336 g/mol. The summed E-state index contributed by atoms with van der Waals surface area (Å²) in [6, 6.07) is 2.15. The smallest absolute Gasteiger partial charge is 0.246 e. The Balaban J connectivity index is 2.41. The summed E-state index contributed by atoms with van der Waals surface area (Å²) in [4.78, 5) is -0.509. The zero-order chi connectivity index (χ0) is 15.8. The molecular weight excluding hydrogens is 319 g/mol. The van der Waals surface area contributed by atoms with Gasteiger partial charge in [-0.2, -0.15) is 4.31 Å². The molecule has 0 unspecified atom stereocenters. The van der Waals surface area contributed by atoms with Crippen LogP contribution in [0.25, 0.3) is 0 Å². The lowest BCUT2D eigenvalue weighted by Crippen LogP contribution is -2.34. The van der Waals surface area contributed by atoms with Gasteiger partial charge in [-0.15, -0.1) is 0 Å². The lowest BCUT2D eigenvalue weighted by Gasteiger charge is -2.20. The van der Waals surface area contributed by atoms with Crippen LogP contribution in [0.2, 0.25) is 0 Å². The first kappa shape index (κ1) is 16.2. The Kier molecular flexibility index (Phi) is 4.27. The van der Waals surface area contributed by atoms with Crippen LogP contribution in [0, 0.1) is 12.7 Å². The van der Waals surface area contributed by atoms with Gasteiger partial charge in [-0.25, -0.2) is 21.2 Å². The van der Waals surface area contributed by atoms with Crippen molar-refractivity contribution in [1.29, 1.82) is 0 Å². The molecule has 0 radical (unpaired) electrons. The molecule has 1 fully saturated rings. The number of halogens is 1. The van der Waals surface area contributed by atoms with Gasteiger partial charge in [0, 0.05) is 18.8 Å². The van der Waals surface area contributed by atoms with Gasteiger partial charge < -0.3 is 5.73 Å². The van der Waals surface area contributed by atoms with E-state index in [0.29, 0.717) is 5.56 Å². The third-order valence-corrected chi connectivity index (χ3v) is 7.08. The van der Waals surface area contributed by atoms with Crippen molar-refractivity contribution in [1.82, 2.24) is 4.31 Å². The summed E-state index contributed by atoms with van der Waals surface area (Å²) in [6.07, 6.45) is 0.199. The van der Waals surface area contributed by atoms with Crippen LogP contribution in [0.1, 0.15) is 12.0 Å². The Morgan fingerprint density at radius 3 is 2.57 bits per heavy atom. The molecule has 118 valence electrons. The number of sulfonamides is 1. The molecular formula is C12H17FN2O4S2. The number of nitrogen functional groups attached to an aromatic ring is 1. The van der Waals surface area contributed by atoms with Crippen LogP contribution < -0.4 is 5.73 Å². The maximum absolute atomic E-state index is 14.0. The molecule has 0 bridgehead atoms. The van der Waals surface area contributed by atoms with E-state index >= 15 is 0 Å². The molecule has 1 saturated heterocycles. The second-order valence-corrected chi connectivity index (χ2v) is 9.26. The quantitative estimate of drug-likeness (QED) is 0.794. The van der Waals surface area contributed by atoms with Crippen LogP contribution in [0.4, 0.5) is 10.1 Å². The molecule has 0 aromatic heterocycles. The molecule has 9 heteroatoms. The van der Waals surface area contributed by atoms with Crippen molar-refractivity contribution >= 4 is 25.5 Å². The summed E-state index contributed by atoms with van der Waals surface area (Å²) < 4.78 is 63.0. The summed E-state index contributed by atoms with van der Waals surface area (Å²) in [7, 11) is -7.34. The monoisotopic (exact) mass is 336 g/mol. The second kappa shape index (κ2) is 5.54. The molecule has 0 spiro atoms. The van der Waals surface area contributed by atoms with E-state index in [-0.39, 0.29) is 36.7 Å². The first-order valence-electron chi connectivity index (χ1n) is 6.40. The van der Waals surface area contributed by atoms with Crippen LogP contribution in [-0.4, -0.2) is 45.7 Å². The van der Waals surface area contributed by atoms with Crippen molar-refractivity contribution in [2.24, 2.45) is 0 Å². The van der Waals surface area contributed by atoms with Crippen LogP contribution in [-0.2, 0) is 19.9 Å². The summed E-state index contributed by atoms with van der Waals surface area (Å²) >= 11 is 0. The number of anilines is 1. The van der Waals surface area contributed by atoms with Gasteiger partial charge >= 0.3 is 0 Å². The third-order valence-electron chi connectivity index (χ3n) is 3.45. The Morgan fingerprint density at radius 2 is 1.90 bits per heavy atom. The fourth-order valence-electron chi connectivity index (χ4n) is 2.16. The zero-order valence-corrected chi connectivity index (χ0v) is 13.2. The SMILES string of the molecule is Cc1cc(F)c(S(=O)(=O)N2CCCS(=O)(=O)CC2)cc1N. The molecule has 1 aliphatic heterocycles. The summed E-state index contributed by atoms with van der Waals surface area (Å²) in [5, 5.41) is 0. The minimum atomic E-state index is -4.09. The van der Waals surface area contributed by atoms with E-state index in [1.165, 1.54) is 0 Å². The number of rotatable bonds is 2. The Bertz CT molecular complexity index is 760. The number of nitrogens with two attached hydrogens (primary N) is 1. The van der Waals surface area contributed by atoms with Gasteiger partial charge in [0.2, 0.25) is 10.0 Å². The second-order valence-electron chi connectivity index (χ2n) is 5.05. The molecule has 1 aromatic rings. The van der Waals surface area contributed by atoms with Crippen molar-refractivity contribution in [3.05, 3.63) is 23.5 Å². The maximum atomic E-state index is 14.0. The van der Waals surface area contributed by atoms with Crippen LogP contribution in [0.5, 0.6) is 0 Å². The van der Waals surface area contributed by atoms with Crippen molar-refractivity contribution in [2.75, 3.05) is 30.3 Å². The number of hydrogen-bond acceptors (Lipinski definition) is 5. The van der Waals surface area contributed by atoms with E-state index in [1.54, 1.807) is 6.92 Å². The highest BCUT2D eigenvalue weighted by molar-refractivity contribution is 7.91. The molecule has 2 N–H and O–H groups in total. The average Bonchev–Trinajstić information content (AvgIpc) is 2.55. The van der Waals surface area contributed by atoms with E-state index in [2.05, 4.69) is 0 Å². The first-order chi connectivity index (χ1) is 9.63. The van der Waals surface area contributed by atoms with Crippen molar-refractivity contribution in [3.63, 3.8) is 0 Å².